The number of halogens is 2. The van der Waals surface area contributed by atoms with Gasteiger partial charge in [0.05, 0.1) is 5.39 Å². The Morgan fingerprint density at radius 3 is 2.53 bits per heavy atom. The summed E-state index contributed by atoms with van der Waals surface area (Å²) < 4.78 is 27.0. The van der Waals surface area contributed by atoms with Crippen LogP contribution in [0.2, 0.25) is 0 Å². The first kappa shape index (κ1) is 11.5. The van der Waals surface area contributed by atoms with Crippen LogP contribution in [-0.4, -0.2) is 10.2 Å². The molecule has 0 aliphatic carbocycles. The van der Waals surface area contributed by atoms with Crippen LogP contribution in [0.4, 0.5) is 8.78 Å². The fourth-order valence-electron chi connectivity index (χ4n) is 2.00. The summed E-state index contributed by atoms with van der Waals surface area (Å²) in [5.41, 5.74) is -0.129. The smallest absolute Gasteiger partial charge is 0.267 e. The van der Waals surface area contributed by atoms with Crippen LogP contribution in [-0.2, 0) is 0 Å². The van der Waals surface area contributed by atoms with Crippen molar-refractivity contribution in [1.82, 2.24) is 10.2 Å². The molecule has 3 nitrogen and oxygen atoms in total. The van der Waals surface area contributed by atoms with Gasteiger partial charge in [0.15, 0.2) is 0 Å². The SMILES string of the molecule is O=c1[nH]nc(-c2cc(F)ccc2F)c2ccccc12. The Morgan fingerprint density at radius 1 is 1.00 bits per heavy atom. The number of hydrogen-bond acceptors (Lipinski definition) is 2. The zero-order valence-electron chi connectivity index (χ0n) is 9.65. The van der Waals surface area contributed by atoms with E-state index < -0.39 is 11.6 Å². The van der Waals surface area contributed by atoms with Gasteiger partial charge >= 0.3 is 0 Å². The maximum atomic E-state index is 13.8. The minimum absolute atomic E-state index is 0.0208. The Kier molecular flexibility index (Phi) is 2.59. The highest BCUT2D eigenvalue weighted by Crippen LogP contribution is 2.26. The maximum absolute atomic E-state index is 13.8. The van der Waals surface area contributed by atoms with Crippen molar-refractivity contribution in [3.8, 4) is 11.3 Å². The lowest BCUT2D eigenvalue weighted by Gasteiger charge is -2.06. The highest BCUT2D eigenvalue weighted by Gasteiger charge is 2.13. The van der Waals surface area contributed by atoms with E-state index in [1.807, 2.05) is 0 Å². The van der Waals surface area contributed by atoms with E-state index in [1.165, 1.54) is 0 Å². The molecular formula is C14H8F2N2O. The van der Waals surface area contributed by atoms with E-state index in [1.54, 1.807) is 24.3 Å². The Morgan fingerprint density at radius 2 is 1.74 bits per heavy atom. The van der Waals surface area contributed by atoms with Gasteiger partial charge in [-0.05, 0) is 24.3 Å². The van der Waals surface area contributed by atoms with Gasteiger partial charge in [0, 0.05) is 10.9 Å². The van der Waals surface area contributed by atoms with Gasteiger partial charge in [0.2, 0.25) is 0 Å². The van der Waals surface area contributed by atoms with Crippen molar-refractivity contribution in [3.05, 3.63) is 64.5 Å². The zero-order chi connectivity index (χ0) is 13.4. The summed E-state index contributed by atoms with van der Waals surface area (Å²) in [5.74, 6) is -1.15. The second kappa shape index (κ2) is 4.28. The Labute approximate surface area is 106 Å². The molecule has 5 heteroatoms. The Bertz CT molecular complexity index is 827. The second-order valence-corrected chi connectivity index (χ2v) is 4.07. The van der Waals surface area contributed by atoms with Crippen LogP contribution in [0.3, 0.4) is 0 Å². The first-order chi connectivity index (χ1) is 9.16. The number of hydrogen-bond donors (Lipinski definition) is 1. The summed E-state index contributed by atoms with van der Waals surface area (Å²) in [6.45, 7) is 0. The summed E-state index contributed by atoms with van der Waals surface area (Å²) in [6, 6.07) is 9.79. The molecule has 0 radical (unpaired) electrons. The molecule has 19 heavy (non-hydrogen) atoms. The van der Waals surface area contributed by atoms with Crippen molar-refractivity contribution in [2.45, 2.75) is 0 Å². The Hall–Kier alpha value is -2.56. The molecular weight excluding hydrogens is 250 g/mol. The van der Waals surface area contributed by atoms with E-state index in [0.29, 0.717) is 10.8 Å². The Balaban J connectivity index is 2.41. The lowest BCUT2D eigenvalue weighted by Crippen LogP contribution is -2.09. The normalized spacial score (nSPS) is 10.8. The molecule has 0 bridgehead atoms. The fourth-order valence-corrected chi connectivity index (χ4v) is 2.00. The number of fused-ring (bicyclic) bond motifs is 1. The van der Waals surface area contributed by atoms with Crippen LogP contribution in [0.5, 0.6) is 0 Å². The average Bonchev–Trinajstić information content (AvgIpc) is 2.43. The summed E-state index contributed by atoms with van der Waals surface area (Å²) >= 11 is 0. The molecule has 0 atom stereocenters. The fraction of sp³-hybridized carbons (Fsp3) is 0. The van der Waals surface area contributed by atoms with Gasteiger partial charge in [-0.15, -0.1) is 0 Å². The lowest BCUT2D eigenvalue weighted by atomic mass is 10.0. The van der Waals surface area contributed by atoms with Crippen molar-refractivity contribution in [2.24, 2.45) is 0 Å². The van der Waals surface area contributed by atoms with E-state index in [0.717, 1.165) is 18.2 Å². The number of benzene rings is 2. The molecule has 1 aromatic heterocycles. The van der Waals surface area contributed by atoms with Crippen molar-refractivity contribution >= 4 is 10.8 Å². The number of nitrogens with zero attached hydrogens (tertiary/aromatic N) is 1. The number of nitrogens with one attached hydrogen (secondary N) is 1. The summed E-state index contributed by atoms with van der Waals surface area (Å²) in [6.07, 6.45) is 0. The molecule has 1 heterocycles. The minimum Gasteiger partial charge on any atom is -0.267 e. The van der Waals surface area contributed by atoms with Gasteiger partial charge < -0.3 is 0 Å². The van der Waals surface area contributed by atoms with E-state index in [2.05, 4.69) is 10.2 Å². The molecule has 94 valence electrons. The highest BCUT2D eigenvalue weighted by atomic mass is 19.1. The van der Waals surface area contributed by atoms with Gasteiger partial charge in [-0.25, -0.2) is 13.9 Å². The van der Waals surface area contributed by atoms with Crippen LogP contribution < -0.4 is 5.56 Å². The molecule has 0 unspecified atom stereocenters. The van der Waals surface area contributed by atoms with Gasteiger partial charge in [-0.2, -0.15) is 5.10 Å². The summed E-state index contributed by atoms with van der Waals surface area (Å²) in [4.78, 5) is 11.6. The zero-order valence-corrected chi connectivity index (χ0v) is 9.65. The molecule has 1 N–H and O–H groups in total. The number of H-pyrrole nitrogens is 1. The predicted octanol–water partition coefficient (Wildman–Crippen LogP) is 2.87. The largest absolute Gasteiger partial charge is 0.272 e. The third-order valence-electron chi connectivity index (χ3n) is 2.88. The number of aromatic nitrogens is 2. The van der Waals surface area contributed by atoms with Crippen molar-refractivity contribution in [2.75, 3.05) is 0 Å². The minimum atomic E-state index is -0.592. The topological polar surface area (TPSA) is 45.8 Å². The third-order valence-corrected chi connectivity index (χ3v) is 2.88. The number of aromatic amines is 1. The molecule has 0 aliphatic rings. The lowest BCUT2D eigenvalue weighted by molar-refractivity contribution is 0.602. The molecule has 0 fully saturated rings. The van der Waals surface area contributed by atoms with Crippen molar-refractivity contribution < 1.29 is 8.78 Å². The molecule has 2 aromatic carbocycles. The standard InChI is InChI=1S/C14H8F2N2O/c15-8-5-6-12(16)11(7-8)13-9-3-1-2-4-10(9)14(19)18-17-13/h1-7H,(H,18,19). The number of rotatable bonds is 1. The van der Waals surface area contributed by atoms with Gasteiger partial charge in [-0.3, -0.25) is 4.79 Å². The van der Waals surface area contributed by atoms with Crippen LogP contribution in [0.15, 0.2) is 47.3 Å². The van der Waals surface area contributed by atoms with E-state index in [-0.39, 0.29) is 16.8 Å². The van der Waals surface area contributed by atoms with Crippen LogP contribution >= 0.6 is 0 Å². The average molecular weight is 258 g/mol. The monoisotopic (exact) mass is 258 g/mol. The van der Waals surface area contributed by atoms with Crippen molar-refractivity contribution in [1.29, 1.82) is 0 Å². The molecule has 0 amide bonds. The first-order valence-electron chi connectivity index (χ1n) is 5.59. The molecule has 0 aliphatic heterocycles. The molecule has 3 rings (SSSR count). The van der Waals surface area contributed by atoms with Crippen LogP contribution in [0.1, 0.15) is 0 Å². The van der Waals surface area contributed by atoms with Crippen molar-refractivity contribution in [3.63, 3.8) is 0 Å². The van der Waals surface area contributed by atoms with E-state index in [4.69, 9.17) is 0 Å². The summed E-state index contributed by atoms with van der Waals surface area (Å²) in [7, 11) is 0. The predicted molar refractivity (Wildman–Crippen MR) is 67.7 cm³/mol. The van der Waals surface area contributed by atoms with Crippen LogP contribution in [0.25, 0.3) is 22.0 Å². The van der Waals surface area contributed by atoms with Gasteiger partial charge in [0.25, 0.3) is 5.56 Å². The molecule has 0 saturated carbocycles. The maximum Gasteiger partial charge on any atom is 0.272 e. The highest BCUT2D eigenvalue weighted by molar-refractivity contribution is 5.93. The van der Waals surface area contributed by atoms with E-state index in [9.17, 15) is 13.6 Å². The molecule has 0 spiro atoms. The quantitative estimate of drug-likeness (QED) is 0.729. The molecule has 3 aromatic rings. The third kappa shape index (κ3) is 1.89. The second-order valence-electron chi connectivity index (χ2n) is 4.07. The summed E-state index contributed by atoms with van der Waals surface area (Å²) in [5, 5.41) is 7.00. The molecule has 0 saturated heterocycles. The van der Waals surface area contributed by atoms with Gasteiger partial charge in [-0.1, -0.05) is 18.2 Å². The van der Waals surface area contributed by atoms with Gasteiger partial charge in [0.1, 0.15) is 17.3 Å². The first-order valence-corrected chi connectivity index (χ1v) is 5.59. The van der Waals surface area contributed by atoms with E-state index >= 15 is 0 Å². The van der Waals surface area contributed by atoms with Crippen LogP contribution in [0, 0.1) is 11.6 Å².